The number of benzene rings is 2. The number of anilines is 1. The zero-order chi connectivity index (χ0) is 27.7. The van der Waals surface area contributed by atoms with E-state index < -0.39 is 52.7 Å². The van der Waals surface area contributed by atoms with E-state index in [-0.39, 0.29) is 47.3 Å². The van der Waals surface area contributed by atoms with Gasteiger partial charge in [-0.15, -0.1) is 23.4 Å². The third-order valence-electron chi connectivity index (χ3n) is 5.46. The summed E-state index contributed by atoms with van der Waals surface area (Å²) < 4.78 is 111. The first-order valence-electron chi connectivity index (χ1n) is 10.8. The Bertz CT molecular complexity index is 1420. The molecule has 9 nitrogen and oxygen atoms in total. The van der Waals surface area contributed by atoms with Crippen molar-refractivity contribution in [2.75, 3.05) is 29.5 Å². The topological polar surface area (TPSA) is 106 Å². The van der Waals surface area contributed by atoms with E-state index in [4.69, 9.17) is 4.42 Å². The summed E-state index contributed by atoms with van der Waals surface area (Å²) in [6.45, 7) is -0.807. The molecule has 38 heavy (non-hydrogen) atoms. The summed E-state index contributed by atoms with van der Waals surface area (Å²) in [7, 11) is -3.35. The van der Waals surface area contributed by atoms with Crippen LogP contribution in [0.3, 0.4) is 0 Å². The van der Waals surface area contributed by atoms with Gasteiger partial charge in [0.25, 0.3) is 5.89 Å². The van der Waals surface area contributed by atoms with E-state index >= 15 is 4.39 Å². The molecule has 1 aliphatic rings. The summed E-state index contributed by atoms with van der Waals surface area (Å²) in [6, 6.07) is 7.09. The lowest BCUT2D eigenvalue weighted by Crippen LogP contribution is -2.49. The van der Waals surface area contributed by atoms with Crippen LogP contribution >= 0.6 is 0 Å². The SMILES string of the molecule is O=C(N1CCS(=O)(=O)CC1)N(Cc1ccc(-c2nnc(C(F)F)o2)cc1F)c1cccc(OC(F)(F)F)c1. The quantitative estimate of drug-likeness (QED) is 0.404. The van der Waals surface area contributed by atoms with Crippen LogP contribution in [0.4, 0.5) is 36.8 Å². The van der Waals surface area contributed by atoms with Gasteiger partial charge in [0.1, 0.15) is 11.6 Å². The summed E-state index contributed by atoms with van der Waals surface area (Å²) in [5.41, 5.74) is -0.194. The first kappa shape index (κ1) is 27.2. The molecule has 1 aromatic heterocycles. The van der Waals surface area contributed by atoms with Gasteiger partial charge in [0, 0.05) is 36.0 Å². The van der Waals surface area contributed by atoms with Gasteiger partial charge in [0.05, 0.1) is 18.1 Å². The second-order valence-electron chi connectivity index (χ2n) is 8.11. The molecule has 1 saturated heterocycles. The third kappa shape index (κ3) is 6.54. The average Bonchev–Trinajstić information content (AvgIpc) is 3.33. The standard InChI is InChI=1S/C22H18F6N4O5S/c23-17-10-13(19-29-30-20(36-19)18(24)25)4-5-14(17)12-32(21(33)31-6-8-38(34,35)9-7-31)15-2-1-3-16(11-15)37-22(26,27)28/h1-5,10-11,18H,6-9,12H2. The molecular weight excluding hydrogens is 546 g/mol. The molecule has 2 aromatic carbocycles. The fraction of sp³-hybridized carbons (Fsp3) is 0.318. The van der Waals surface area contributed by atoms with E-state index in [1.807, 2.05) is 0 Å². The molecule has 0 radical (unpaired) electrons. The van der Waals surface area contributed by atoms with Crippen molar-refractivity contribution < 1.29 is 48.7 Å². The van der Waals surface area contributed by atoms with Gasteiger partial charge >= 0.3 is 18.8 Å². The molecule has 0 N–H and O–H groups in total. The van der Waals surface area contributed by atoms with Crippen molar-refractivity contribution in [2.45, 2.75) is 19.3 Å². The number of halogens is 6. The van der Waals surface area contributed by atoms with Gasteiger partial charge in [-0.3, -0.25) is 4.90 Å². The Labute approximate surface area is 211 Å². The number of carbonyl (C=O) groups excluding carboxylic acids is 1. The van der Waals surface area contributed by atoms with Crippen LogP contribution in [-0.2, 0) is 16.4 Å². The molecular formula is C22H18F6N4O5S. The van der Waals surface area contributed by atoms with Gasteiger partial charge in [0.15, 0.2) is 9.84 Å². The van der Waals surface area contributed by atoms with Crippen molar-refractivity contribution in [2.24, 2.45) is 0 Å². The van der Waals surface area contributed by atoms with Crippen LogP contribution in [0.1, 0.15) is 17.9 Å². The molecule has 0 saturated carbocycles. The Balaban J connectivity index is 1.65. The Morgan fingerprint density at radius 1 is 1.11 bits per heavy atom. The number of alkyl halides is 5. The number of aromatic nitrogens is 2. The largest absolute Gasteiger partial charge is 0.573 e. The second kappa shape index (κ2) is 10.5. The Morgan fingerprint density at radius 3 is 2.42 bits per heavy atom. The monoisotopic (exact) mass is 564 g/mol. The highest BCUT2D eigenvalue weighted by Crippen LogP contribution is 2.30. The molecule has 0 aliphatic carbocycles. The second-order valence-corrected chi connectivity index (χ2v) is 10.4. The number of rotatable bonds is 6. The molecule has 4 rings (SSSR count). The minimum Gasteiger partial charge on any atom is -0.415 e. The van der Waals surface area contributed by atoms with E-state index in [9.17, 15) is 35.2 Å². The maximum atomic E-state index is 15.0. The number of ether oxygens (including phenoxy) is 1. The van der Waals surface area contributed by atoms with E-state index in [0.717, 1.165) is 23.1 Å². The van der Waals surface area contributed by atoms with Crippen LogP contribution in [0, 0.1) is 5.82 Å². The minimum absolute atomic E-state index is 0.0228. The highest BCUT2D eigenvalue weighted by atomic mass is 32.2. The van der Waals surface area contributed by atoms with E-state index in [1.54, 1.807) is 0 Å². The van der Waals surface area contributed by atoms with Crippen LogP contribution in [-0.4, -0.2) is 60.5 Å². The van der Waals surface area contributed by atoms with Crippen LogP contribution < -0.4 is 9.64 Å². The zero-order valence-corrected chi connectivity index (χ0v) is 20.0. The lowest BCUT2D eigenvalue weighted by molar-refractivity contribution is -0.274. The maximum absolute atomic E-state index is 15.0. The van der Waals surface area contributed by atoms with Crippen molar-refractivity contribution in [3.8, 4) is 17.2 Å². The fourth-order valence-corrected chi connectivity index (χ4v) is 4.81. The predicted molar refractivity (Wildman–Crippen MR) is 120 cm³/mol. The number of sulfone groups is 1. The first-order chi connectivity index (χ1) is 17.8. The molecule has 0 atom stereocenters. The number of amides is 2. The van der Waals surface area contributed by atoms with Crippen molar-refractivity contribution in [1.29, 1.82) is 0 Å². The summed E-state index contributed by atoms with van der Waals surface area (Å²) >= 11 is 0. The van der Waals surface area contributed by atoms with E-state index in [1.165, 1.54) is 29.2 Å². The molecule has 0 unspecified atom stereocenters. The smallest absolute Gasteiger partial charge is 0.415 e. The molecule has 1 fully saturated rings. The molecule has 16 heteroatoms. The van der Waals surface area contributed by atoms with Crippen LogP contribution in [0.15, 0.2) is 46.9 Å². The van der Waals surface area contributed by atoms with Crippen LogP contribution in [0.2, 0.25) is 0 Å². The normalized spacial score (nSPS) is 15.5. The van der Waals surface area contributed by atoms with Crippen molar-refractivity contribution in [3.05, 3.63) is 59.7 Å². The molecule has 2 amide bonds. The highest BCUT2D eigenvalue weighted by Gasteiger charge is 2.33. The first-order valence-corrected chi connectivity index (χ1v) is 12.7. The molecule has 0 spiro atoms. The number of nitrogens with zero attached hydrogens (tertiary/aromatic N) is 4. The maximum Gasteiger partial charge on any atom is 0.573 e. The van der Waals surface area contributed by atoms with Gasteiger partial charge in [-0.25, -0.2) is 17.6 Å². The van der Waals surface area contributed by atoms with Gasteiger partial charge < -0.3 is 14.1 Å². The molecule has 3 aromatic rings. The predicted octanol–water partition coefficient (Wildman–Crippen LogP) is 4.57. The fourth-order valence-electron chi connectivity index (χ4n) is 3.61. The molecule has 0 bridgehead atoms. The van der Waals surface area contributed by atoms with Crippen molar-refractivity contribution in [3.63, 3.8) is 0 Å². The summed E-state index contributed by atoms with van der Waals surface area (Å²) in [6.07, 6.45) is -8.03. The van der Waals surface area contributed by atoms with Crippen molar-refractivity contribution in [1.82, 2.24) is 15.1 Å². The summed E-state index contributed by atoms with van der Waals surface area (Å²) in [5.74, 6) is -3.47. The Hall–Kier alpha value is -3.82. The van der Waals surface area contributed by atoms with Gasteiger partial charge in [-0.1, -0.05) is 12.1 Å². The molecule has 2 heterocycles. The van der Waals surface area contributed by atoms with E-state index in [2.05, 4.69) is 14.9 Å². The van der Waals surface area contributed by atoms with Gasteiger partial charge in [-0.05, 0) is 24.3 Å². The van der Waals surface area contributed by atoms with Gasteiger partial charge in [-0.2, -0.15) is 8.78 Å². The molecule has 1 aliphatic heterocycles. The lowest BCUT2D eigenvalue weighted by Gasteiger charge is -2.33. The van der Waals surface area contributed by atoms with E-state index in [0.29, 0.717) is 0 Å². The number of hydrogen-bond donors (Lipinski definition) is 0. The number of carbonyl (C=O) groups is 1. The summed E-state index contributed by atoms with van der Waals surface area (Å²) in [4.78, 5) is 15.5. The highest BCUT2D eigenvalue weighted by molar-refractivity contribution is 7.91. The Kier molecular flexibility index (Phi) is 7.53. The lowest BCUT2D eigenvalue weighted by atomic mass is 10.1. The van der Waals surface area contributed by atoms with Crippen molar-refractivity contribution >= 4 is 21.6 Å². The van der Waals surface area contributed by atoms with Crippen LogP contribution in [0.25, 0.3) is 11.5 Å². The number of hydrogen-bond acceptors (Lipinski definition) is 7. The number of urea groups is 1. The zero-order valence-electron chi connectivity index (χ0n) is 19.2. The summed E-state index contributed by atoms with van der Waals surface area (Å²) in [5, 5.41) is 6.61. The van der Waals surface area contributed by atoms with Crippen LogP contribution in [0.5, 0.6) is 5.75 Å². The molecule has 204 valence electrons. The Morgan fingerprint density at radius 2 is 1.82 bits per heavy atom. The van der Waals surface area contributed by atoms with Gasteiger partial charge in [0.2, 0.25) is 5.89 Å². The average molecular weight is 564 g/mol. The minimum atomic E-state index is -5.00. The third-order valence-corrected chi connectivity index (χ3v) is 7.07.